The normalized spacial score (nSPS) is 18.9. The van der Waals surface area contributed by atoms with Crippen LogP contribution in [0.1, 0.15) is 25.3 Å². The summed E-state index contributed by atoms with van der Waals surface area (Å²) in [7, 11) is 0. The van der Waals surface area contributed by atoms with E-state index in [1.165, 1.54) is 0 Å². The third kappa shape index (κ3) is 2.64. The molecule has 0 radical (unpaired) electrons. The van der Waals surface area contributed by atoms with Crippen LogP contribution >= 0.6 is 0 Å². The van der Waals surface area contributed by atoms with Crippen molar-refractivity contribution in [2.45, 2.75) is 32.2 Å². The van der Waals surface area contributed by atoms with Gasteiger partial charge >= 0.3 is 0 Å². The fourth-order valence-corrected chi connectivity index (χ4v) is 1.98. The fraction of sp³-hybridized carbons (Fsp3) is 0.385. The molecule has 90 valence electrons. The molecule has 1 aromatic carbocycles. The van der Waals surface area contributed by atoms with Gasteiger partial charge in [-0.05, 0) is 24.5 Å². The number of para-hydroxylation sites is 1. The summed E-state index contributed by atoms with van der Waals surface area (Å²) >= 11 is 0. The zero-order valence-corrected chi connectivity index (χ0v) is 9.82. The van der Waals surface area contributed by atoms with Crippen LogP contribution in [0, 0.1) is 0 Å². The first-order valence-corrected chi connectivity index (χ1v) is 5.89. The number of carbonyl (C=O) groups excluding carboxylic acids is 2. The van der Waals surface area contributed by atoms with Gasteiger partial charge in [-0.3, -0.25) is 9.59 Å². The smallest absolute Gasteiger partial charge is 0.246 e. The van der Waals surface area contributed by atoms with Gasteiger partial charge in [0.15, 0.2) is 0 Å². The number of benzene rings is 1. The summed E-state index contributed by atoms with van der Waals surface area (Å²) in [6.45, 7) is 2.04. The Morgan fingerprint density at radius 3 is 2.88 bits per heavy atom. The number of hydrogen-bond acceptors (Lipinski definition) is 2. The lowest BCUT2D eigenvalue weighted by molar-refractivity contribution is -0.122. The molecule has 0 aromatic heterocycles. The van der Waals surface area contributed by atoms with Gasteiger partial charge in [-0.15, -0.1) is 0 Å². The molecular formula is C13H16N2O2. The minimum atomic E-state index is -0.382. The first-order chi connectivity index (χ1) is 8.20. The number of amides is 2. The van der Waals surface area contributed by atoms with Gasteiger partial charge in [-0.2, -0.15) is 0 Å². The van der Waals surface area contributed by atoms with Gasteiger partial charge in [0, 0.05) is 12.1 Å². The highest BCUT2D eigenvalue weighted by Gasteiger charge is 2.27. The van der Waals surface area contributed by atoms with E-state index < -0.39 is 0 Å². The second-order valence-corrected chi connectivity index (χ2v) is 4.16. The van der Waals surface area contributed by atoms with Crippen LogP contribution in [0.15, 0.2) is 24.3 Å². The van der Waals surface area contributed by atoms with Crippen molar-refractivity contribution >= 4 is 17.5 Å². The van der Waals surface area contributed by atoms with Crippen molar-refractivity contribution in [1.82, 2.24) is 5.32 Å². The average molecular weight is 232 g/mol. The zero-order chi connectivity index (χ0) is 12.3. The third-order valence-electron chi connectivity index (χ3n) is 2.97. The van der Waals surface area contributed by atoms with Gasteiger partial charge in [0.25, 0.3) is 0 Å². The standard InChI is InChI=1S/C13H16N2O2/c1-2-9-5-3-4-6-10(9)15-13(17)11-7-8-12(16)14-11/h3-6,11H,2,7-8H2,1H3,(H,14,16)(H,15,17). The minimum Gasteiger partial charge on any atom is -0.344 e. The topological polar surface area (TPSA) is 58.2 Å². The maximum atomic E-state index is 11.9. The van der Waals surface area contributed by atoms with E-state index in [1.807, 2.05) is 31.2 Å². The summed E-state index contributed by atoms with van der Waals surface area (Å²) in [4.78, 5) is 22.9. The summed E-state index contributed by atoms with van der Waals surface area (Å²) in [5, 5.41) is 5.53. The highest BCUT2D eigenvalue weighted by Crippen LogP contribution is 2.17. The summed E-state index contributed by atoms with van der Waals surface area (Å²) in [6, 6.07) is 7.33. The van der Waals surface area contributed by atoms with Gasteiger partial charge in [-0.1, -0.05) is 25.1 Å². The van der Waals surface area contributed by atoms with Crippen molar-refractivity contribution < 1.29 is 9.59 Å². The highest BCUT2D eigenvalue weighted by molar-refractivity contribution is 5.99. The predicted molar refractivity (Wildman–Crippen MR) is 65.6 cm³/mol. The van der Waals surface area contributed by atoms with Gasteiger partial charge in [0.2, 0.25) is 11.8 Å². The molecule has 2 rings (SSSR count). The molecule has 4 heteroatoms. The molecule has 1 aromatic rings. The van der Waals surface area contributed by atoms with Crippen LogP contribution in [-0.4, -0.2) is 17.9 Å². The minimum absolute atomic E-state index is 0.0473. The van der Waals surface area contributed by atoms with E-state index in [1.54, 1.807) is 0 Å². The molecule has 1 fully saturated rings. The maximum absolute atomic E-state index is 11.9. The molecule has 1 saturated heterocycles. The van der Waals surface area contributed by atoms with Gasteiger partial charge < -0.3 is 10.6 Å². The van der Waals surface area contributed by atoms with E-state index in [9.17, 15) is 9.59 Å². The Kier molecular flexibility index (Phi) is 3.42. The van der Waals surface area contributed by atoms with E-state index in [-0.39, 0.29) is 17.9 Å². The number of aryl methyl sites for hydroxylation is 1. The Morgan fingerprint density at radius 1 is 1.47 bits per heavy atom. The number of nitrogens with one attached hydrogen (secondary N) is 2. The molecule has 0 bridgehead atoms. The monoisotopic (exact) mass is 232 g/mol. The lowest BCUT2D eigenvalue weighted by Crippen LogP contribution is -2.37. The lowest BCUT2D eigenvalue weighted by atomic mass is 10.1. The van der Waals surface area contributed by atoms with Crippen molar-refractivity contribution in [2.24, 2.45) is 0 Å². The largest absolute Gasteiger partial charge is 0.344 e. The SMILES string of the molecule is CCc1ccccc1NC(=O)C1CCC(=O)N1. The van der Waals surface area contributed by atoms with E-state index in [4.69, 9.17) is 0 Å². The zero-order valence-electron chi connectivity index (χ0n) is 9.82. The maximum Gasteiger partial charge on any atom is 0.246 e. The van der Waals surface area contributed by atoms with Crippen LogP contribution in [0.4, 0.5) is 5.69 Å². The van der Waals surface area contributed by atoms with Crippen molar-refractivity contribution in [3.8, 4) is 0 Å². The second-order valence-electron chi connectivity index (χ2n) is 4.16. The van der Waals surface area contributed by atoms with Crippen molar-refractivity contribution in [3.05, 3.63) is 29.8 Å². The predicted octanol–water partition coefficient (Wildman–Crippen LogP) is 1.47. The fourth-order valence-electron chi connectivity index (χ4n) is 1.98. The summed E-state index contributed by atoms with van der Waals surface area (Å²) in [5.41, 5.74) is 1.94. The Hall–Kier alpha value is -1.84. The van der Waals surface area contributed by atoms with Crippen LogP contribution in [0.2, 0.25) is 0 Å². The molecular weight excluding hydrogens is 216 g/mol. The molecule has 1 atom stereocenters. The van der Waals surface area contributed by atoms with E-state index in [0.717, 1.165) is 17.7 Å². The van der Waals surface area contributed by atoms with Crippen LogP contribution in [-0.2, 0) is 16.0 Å². The first-order valence-electron chi connectivity index (χ1n) is 5.89. The van der Waals surface area contributed by atoms with Crippen molar-refractivity contribution in [1.29, 1.82) is 0 Å². The van der Waals surface area contributed by atoms with E-state index in [2.05, 4.69) is 10.6 Å². The lowest BCUT2D eigenvalue weighted by Gasteiger charge is -2.13. The second kappa shape index (κ2) is 4.99. The molecule has 1 aliphatic heterocycles. The molecule has 17 heavy (non-hydrogen) atoms. The van der Waals surface area contributed by atoms with E-state index >= 15 is 0 Å². The average Bonchev–Trinajstić information content (AvgIpc) is 2.77. The number of carbonyl (C=O) groups is 2. The van der Waals surface area contributed by atoms with Gasteiger partial charge in [-0.25, -0.2) is 0 Å². The summed E-state index contributed by atoms with van der Waals surface area (Å²) in [5.74, 6) is -0.175. The number of rotatable bonds is 3. The quantitative estimate of drug-likeness (QED) is 0.829. The van der Waals surface area contributed by atoms with Crippen molar-refractivity contribution in [3.63, 3.8) is 0 Å². The number of anilines is 1. The molecule has 1 aliphatic rings. The Balaban J connectivity index is 2.05. The van der Waals surface area contributed by atoms with Gasteiger partial charge in [0.1, 0.15) is 6.04 Å². The third-order valence-corrected chi connectivity index (χ3v) is 2.97. The molecule has 0 saturated carbocycles. The highest BCUT2D eigenvalue weighted by atomic mass is 16.2. The molecule has 0 spiro atoms. The molecule has 2 amide bonds. The summed E-state index contributed by atoms with van der Waals surface area (Å²) < 4.78 is 0. The van der Waals surface area contributed by atoms with E-state index in [0.29, 0.717) is 12.8 Å². The Bertz CT molecular complexity index is 443. The Labute approximate surface area is 100 Å². The molecule has 1 unspecified atom stereocenters. The molecule has 0 aliphatic carbocycles. The van der Waals surface area contributed by atoms with Gasteiger partial charge in [0.05, 0.1) is 0 Å². The van der Waals surface area contributed by atoms with Crippen LogP contribution in [0.25, 0.3) is 0 Å². The summed E-state index contributed by atoms with van der Waals surface area (Å²) in [6.07, 6.45) is 1.89. The van der Waals surface area contributed by atoms with Crippen LogP contribution < -0.4 is 10.6 Å². The molecule has 2 N–H and O–H groups in total. The van der Waals surface area contributed by atoms with Crippen LogP contribution in [0.3, 0.4) is 0 Å². The van der Waals surface area contributed by atoms with Crippen molar-refractivity contribution in [2.75, 3.05) is 5.32 Å². The number of hydrogen-bond donors (Lipinski definition) is 2. The first kappa shape index (κ1) is 11.6. The van der Waals surface area contributed by atoms with Crippen LogP contribution in [0.5, 0.6) is 0 Å². The molecule has 1 heterocycles. The Morgan fingerprint density at radius 2 is 2.24 bits per heavy atom. The molecule has 4 nitrogen and oxygen atoms in total.